The van der Waals surface area contributed by atoms with Gasteiger partial charge >= 0.3 is 0 Å². The molecule has 0 saturated carbocycles. The first-order chi connectivity index (χ1) is 10.2. The molecule has 0 radical (unpaired) electrons. The maximum absolute atomic E-state index is 11.5. The normalized spacial score (nSPS) is 10.2. The van der Waals surface area contributed by atoms with Gasteiger partial charge in [-0.25, -0.2) is 0 Å². The number of benzene rings is 1. The molecule has 0 atom stereocenters. The molecule has 118 valence electrons. The first-order valence-corrected chi connectivity index (χ1v) is 8.74. The fourth-order valence-corrected chi connectivity index (χ4v) is 2.27. The molecule has 0 heterocycles. The highest BCUT2D eigenvalue weighted by atomic mass is 32.2. The summed E-state index contributed by atoms with van der Waals surface area (Å²) in [5.74, 6) is 2.52. The molecule has 0 aromatic heterocycles. The van der Waals surface area contributed by atoms with Crippen LogP contribution >= 0.6 is 11.8 Å². The lowest BCUT2D eigenvalue weighted by molar-refractivity contribution is -0.120. The average Bonchev–Trinajstić information content (AvgIpc) is 2.48. The van der Waals surface area contributed by atoms with Gasteiger partial charge in [0.05, 0.1) is 13.2 Å². The Morgan fingerprint density at radius 2 is 1.90 bits per heavy atom. The van der Waals surface area contributed by atoms with Gasteiger partial charge in [-0.1, -0.05) is 6.07 Å². The second-order valence-electron chi connectivity index (χ2n) is 4.49. The molecule has 1 N–H and O–H groups in total. The van der Waals surface area contributed by atoms with E-state index in [2.05, 4.69) is 5.32 Å². The van der Waals surface area contributed by atoms with Gasteiger partial charge in [-0.15, -0.1) is 0 Å². The van der Waals surface area contributed by atoms with E-state index in [0.29, 0.717) is 26.2 Å². The van der Waals surface area contributed by atoms with Gasteiger partial charge in [-0.3, -0.25) is 4.79 Å². The third-order valence-corrected chi connectivity index (χ3v) is 3.49. The fourth-order valence-electron chi connectivity index (χ4n) is 1.88. The van der Waals surface area contributed by atoms with Crippen molar-refractivity contribution in [3.05, 3.63) is 23.8 Å². The summed E-state index contributed by atoms with van der Waals surface area (Å²) in [5, 5.41) is 2.93. The molecule has 0 unspecified atom stereocenters. The molecule has 5 heteroatoms. The van der Waals surface area contributed by atoms with E-state index in [0.717, 1.165) is 29.2 Å². The number of thioether (sulfide) groups is 1. The fraction of sp³-hybridized carbons (Fsp3) is 0.562. The van der Waals surface area contributed by atoms with Gasteiger partial charge in [-0.05, 0) is 44.2 Å². The molecule has 1 rings (SSSR count). The van der Waals surface area contributed by atoms with Crippen LogP contribution in [0.4, 0.5) is 0 Å². The van der Waals surface area contributed by atoms with Crippen molar-refractivity contribution in [2.24, 2.45) is 0 Å². The van der Waals surface area contributed by atoms with Crippen LogP contribution in [0.5, 0.6) is 11.5 Å². The number of hydrogen-bond donors (Lipinski definition) is 1. The molecule has 1 aromatic carbocycles. The minimum absolute atomic E-state index is 0.111. The van der Waals surface area contributed by atoms with Crippen LogP contribution < -0.4 is 14.8 Å². The number of hydrogen-bond acceptors (Lipinski definition) is 4. The maximum Gasteiger partial charge on any atom is 0.220 e. The molecule has 0 spiro atoms. The van der Waals surface area contributed by atoms with Gasteiger partial charge in [0.2, 0.25) is 5.91 Å². The number of amides is 1. The van der Waals surface area contributed by atoms with Crippen molar-refractivity contribution in [3.8, 4) is 11.5 Å². The molecule has 1 aromatic rings. The Balaban J connectivity index is 2.51. The van der Waals surface area contributed by atoms with Crippen LogP contribution in [0.15, 0.2) is 18.2 Å². The number of carbonyl (C=O) groups is 1. The molecule has 0 fully saturated rings. The molecule has 0 aliphatic carbocycles. The Kier molecular flexibility index (Phi) is 8.74. The highest BCUT2D eigenvalue weighted by molar-refractivity contribution is 7.98. The second kappa shape index (κ2) is 10.4. The Bertz CT molecular complexity index is 438. The summed E-state index contributed by atoms with van der Waals surface area (Å²) >= 11 is 1.68. The first kappa shape index (κ1) is 17.7. The quantitative estimate of drug-likeness (QED) is 0.722. The largest absolute Gasteiger partial charge is 0.490 e. The molecule has 0 aliphatic heterocycles. The first-order valence-electron chi connectivity index (χ1n) is 7.35. The van der Waals surface area contributed by atoms with Gasteiger partial charge in [0.15, 0.2) is 11.5 Å². The van der Waals surface area contributed by atoms with Crippen LogP contribution in [0.1, 0.15) is 25.8 Å². The van der Waals surface area contributed by atoms with Gasteiger partial charge in [-0.2, -0.15) is 11.8 Å². The zero-order valence-corrected chi connectivity index (χ0v) is 13.9. The average molecular weight is 311 g/mol. The molecule has 21 heavy (non-hydrogen) atoms. The van der Waals surface area contributed by atoms with Crippen molar-refractivity contribution in [1.29, 1.82) is 0 Å². The predicted octanol–water partition coefficient (Wildman–Crippen LogP) is 2.90. The molecule has 0 bridgehead atoms. The lowest BCUT2D eigenvalue weighted by Crippen LogP contribution is -2.25. The van der Waals surface area contributed by atoms with E-state index in [1.807, 2.05) is 38.3 Å². The minimum atomic E-state index is 0.111. The third kappa shape index (κ3) is 6.76. The van der Waals surface area contributed by atoms with E-state index < -0.39 is 0 Å². The van der Waals surface area contributed by atoms with Crippen LogP contribution in [0.3, 0.4) is 0 Å². The Morgan fingerprint density at radius 1 is 1.19 bits per heavy atom. The van der Waals surface area contributed by atoms with E-state index >= 15 is 0 Å². The van der Waals surface area contributed by atoms with E-state index in [9.17, 15) is 4.79 Å². The monoisotopic (exact) mass is 311 g/mol. The summed E-state index contributed by atoms with van der Waals surface area (Å²) < 4.78 is 11.1. The van der Waals surface area contributed by atoms with E-state index in [-0.39, 0.29) is 5.91 Å². The molecule has 0 aliphatic rings. The Morgan fingerprint density at radius 3 is 2.57 bits per heavy atom. The van der Waals surface area contributed by atoms with Crippen molar-refractivity contribution in [1.82, 2.24) is 5.32 Å². The Hall–Kier alpha value is -1.36. The highest BCUT2D eigenvalue weighted by Gasteiger charge is 2.06. The van der Waals surface area contributed by atoms with E-state index in [1.54, 1.807) is 11.8 Å². The summed E-state index contributed by atoms with van der Waals surface area (Å²) in [6.45, 7) is 5.77. The number of rotatable bonds is 10. The third-order valence-electron chi connectivity index (χ3n) is 2.88. The molecule has 4 nitrogen and oxygen atoms in total. The Labute approximate surface area is 131 Å². The molecule has 0 saturated heterocycles. The zero-order valence-electron chi connectivity index (χ0n) is 13.1. The zero-order chi connectivity index (χ0) is 15.5. The van der Waals surface area contributed by atoms with Crippen LogP contribution in [0.25, 0.3) is 0 Å². The number of ether oxygens (including phenoxy) is 2. The van der Waals surface area contributed by atoms with Gasteiger partial charge in [0.25, 0.3) is 0 Å². The summed E-state index contributed by atoms with van der Waals surface area (Å²) in [5.41, 5.74) is 1.13. The summed E-state index contributed by atoms with van der Waals surface area (Å²) in [7, 11) is 0. The van der Waals surface area contributed by atoms with Crippen LogP contribution in [-0.2, 0) is 11.2 Å². The number of carbonyl (C=O) groups excluding carboxylic acids is 1. The van der Waals surface area contributed by atoms with Crippen molar-refractivity contribution < 1.29 is 14.3 Å². The summed E-state index contributed by atoms with van der Waals surface area (Å²) in [6, 6.07) is 5.93. The standard InChI is InChI=1S/C16H25NO3S/c1-4-19-14-7-6-13(12-15(14)20-5-2)8-10-17-16(18)9-11-21-3/h6-7,12H,4-5,8-11H2,1-3H3,(H,17,18). The van der Waals surface area contributed by atoms with Gasteiger partial charge < -0.3 is 14.8 Å². The lowest BCUT2D eigenvalue weighted by atomic mass is 10.1. The molecule has 1 amide bonds. The lowest BCUT2D eigenvalue weighted by Gasteiger charge is -2.12. The summed E-state index contributed by atoms with van der Waals surface area (Å²) in [6.07, 6.45) is 3.37. The number of nitrogens with one attached hydrogen (secondary N) is 1. The van der Waals surface area contributed by atoms with Gasteiger partial charge in [0, 0.05) is 18.7 Å². The van der Waals surface area contributed by atoms with E-state index in [1.165, 1.54) is 0 Å². The highest BCUT2D eigenvalue weighted by Crippen LogP contribution is 2.28. The smallest absolute Gasteiger partial charge is 0.220 e. The van der Waals surface area contributed by atoms with Crippen molar-refractivity contribution in [3.63, 3.8) is 0 Å². The maximum atomic E-state index is 11.5. The van der Waals surface area contributed by atoms with Crippen molar-refractivity contribution in [2.75, 3.05) is 31.8 Å². The molecular formula is C16H25NO3S. The summed E-state index contributed by atoms with van der Waals surface area (Å²) in [4.78, 5) is 11.5. The SMILES string of the molecule is CCOc1ccc(CCNC(=O)CCSC)cc1OCC. The van der Waals surface area contributed by atoms with Crippen molar-refractivity contribution >= 4 is 17.7 Å². The van der Waals surface area contributed by atoms with Crippen molar-refractivity contribution in [2.45, 2.75) is 26.7 Å². The second-order valence-corrected chi connectivity index (χ2v) is 5.48. The molecular weight excluding hydrogens is 286 g/mol. The van der Waals surface area contributed by atoms with Gasteiger partial charge in [0.1, 0.15) is 0 Å². The predicted molar refractivity (Wildman–Crippen MR) is 88.5 cm³/mol. The van der Waals surface area contributed by atoms with Crippen LogP contribution in [0, 0.1) is 0 Å². The van der Waals surface area contributed by atoms with E-state index in [4.69, 9.17) is 9.47 Å². The van der Waals surface area contributed by atoms with Crippen LogP contribution in [0.2, 0.25) is 0 Å². The topological polar surface area (TPSA) is 47.6 Å². The van der Waals surface area contributed by atoms with Crippen LogP contribution in [-0.4, -0.2) is 37.7 Å². The minimum Gasteiger partial charge on any atom is -0.490 e.